The van der Waals surface area contributed by atoms with Crippen molar-refractivity contribution in [1.82, 2.24) is 0 Å². The summed E-state index contributed by atoms with van der Waals surface area (Å²) in [6.07, 6.45) is 0. The first-order valence-corrected chi connectivity index (χ1v) is 7.39. The molecule has 2 aromatic carbocycles. The molecule has 0 atom stereocenters. The standard InChI is InChI=1S/C16H17NOS/c1-2-4-15(5-3-1)19-16-8-6-14(7-9-16)17-10-12-18-13-11-17/h1-9H,10-13H2. The lowest BCUT2D eigenvalue weighted by atomic mass is 10.2. The number of morpholine rings is 1. The summed E-state index contributed by atoms with van der Waals surface area (Å²) in [7, 11) is 0. The first kappa shape index (κ1) is 12.6. The highest BCUT2D eigenvalue weighted by molar-refractivity contribution is 7.99. The zero-order valence-corrected chi connectivity index (χ0v) is 11.6. The fourth-order valence-electron chi connectivity index (χ4n) is 2.17. The van der Waals surface area contributed by atoms with Crippen molar-refractivity contribution in [3.63, 3.8) is 0 Å². The lowest BCUT2D eigenvalue weighted by Gasteiger charge is -2.28. The van der Waals surface area contributed by atoms with Gasteiger partial charge < -0.3 is 9.64 Å². The van der Waals surface area contributed by atoms with Gasteiger partial charge in [0, 0.05) is 28.6 Å². The minimum absolute atomic E-state index is 0.834. The molecule has 1 aliphatic heterocycles. The molecule has 0 saturated carbocycles. The molecular formula is C16H17NOS. The van der Waals surface area contributed by atoms with Crippen LogP contribution in [0.25, 0.3) is 0 Å². The van der Waals surface area contributed by atoms with Crippen molar-refractivity contribution in [1.29, 1.82) is 0 Å². The number of ether oxygens (including phenoxy) is 1. The molecule has 2 nitrogen and oxygen atoms in total. The molecule has 0 spiro atoms. The first-order chi connectivity index (χ1) is 9.42. The molecule has 0 bridgehead atoms. The predicted octanol–water partition coefficient (Wildman–Crippen LogP) is 3.67. The van der Waals surface area contributed by atoms with Gasteiger partial charge in [-0.25, -0.2) is 0 Å². The third-order valence-corrected chi connectivity index (χ3v) is 4.21. The lowest BCUT2D eigenvalue weighted by Crippen LogP contribution is -2.36. The monoisotopic (exact) mass is 271 g/mol. The van der Waals surface area contributed by atoms with E-state index in [9.17, 15) is 0 Å². The fraction of sp³-hybridized carbons (Fsp3) is 0.250. The van der Waals surface area contributed by atoms with Gasteiger partial charge in [0.1, 0.15) is 0 Å². The molecule has 1 aliphatic rings. The van der Waals surface area contributed by atoms with Crippen LogP contribution in [0.3, 0.4) is 0 Å². The van der Waals surface area contributed by atoms with E-state index in [0.29, 0.717) is 0 Å². The molecule has 2 aromatic rings. The van der Waals surface area contributed by atoms with E-state index in [0.717, 1.165) is 26.3 Å². The SMILES string of the molecule is c1ccc(Sc2ccc(N3CCOCC3)cc2)cc1. The highest BCUT2D eigenvalue weighted by Crippen LogP contribution is 2.29. The van der Waals surface area contributed by atoms with Crippen molar-refractivity contribution in [2.24, 2.45) is 0 Å². The zero-order valence-electron chi connectivity index (χ0n) is 10.8. The maximum atomic E-state index is 5.38. The number of hydrogen-bond donors (Lipinski definition) is 0. The highest BCUT2D eigenvalue weighted by Gasteiger charge is 2.10. The second kappa shape index (κ2) is 6.13. The Bertz CT molecular complexity index is 506. The first-order valence-electron chi connectivity index (χ1n) is 6.57. The van der Waals surface area contributed by atoms with Gasteiger partial charge in [0.25, 0.3) is 0 Å². The quantitative estimate of drug-likeness (QED) is 0.845. The molecule has 1 saturated heterocycles. The van der Waals surface area contributed by atoms with E-state index < -0.39 is 0 Å². The van der Waals surface area contributed by atoms with Crippen molar-refractivity contribution in [2.45, 2.75) is 9.79 Å². The van der Waals surface area contributed by atoms with E-state index in [1.165, 1.54) is 15.5 Å². The molecule has 0 aromatic heterocycles. The summed E-state index contributed by atoms with van der Waals surface area (Å²) in [4.78, 5) is 4.94. The highest BCUT2D eigenvalue weighted by atomic mass is 32.2. The van der Waals surface area contributed by atoms with E-state index >= 15 is 0 Å². The molecule has 0 aliphatic carbocycles. The van der Waals surface area contributed by atoms with Gasteiger partial charge in [0.05, 0.1) is 13.2 Å². The Balaban J connectivity index is 1.68. The normalized spacial score (nSPS) is 15.5. The van der Waals surface area contributed by atoms with Gasteiger partial charge >= 0.3 is 0 Å². The summed E-state index contributed by atoms with van der Waals surface area (Å²) in [5, 5.41) is 0. The van der Waals surface area contributed by atoms with Gasteiger partial charge in [-0.15, -0.1) is 0 Å². The van der Waals surface area contributed by atoms with Crippen molar-refractivity contribution < 1.29 is 4.74 Å². The molecule has 3 heteroatoms. The van der Waals surface area contributed by atoms with Crippen molar-refractivity contribution in [3.8, 4) is 0 Å². The van der Waals surface area contributed by atoms with Crippen LogP contribution in [-0.2, 0) is 4.74 Å². The molecular weight excluding hydrogens is 254 g/mol. The Labute approximate surface area is 118 Å². The molecule has 0 radical (unpaired) electrons. The Kier molecular flexibility index (Phi) is 4.06. The molecule has 0 unspecified atom stereocenters. The van der Waals surface area contributed by atoms with Gasteiger partial charge in [0.2, 0.25) is 0 Å². The van der Waals surface area contributed by atoms with Gasteiger partial charge in [0.15, 0.2) is 0 Å². The maximum absolute atomic E-state index is 5.38. The summed E-state index contributed by atoms with van der Waals surface area (Å²) < 4.78 is 5.38. The van der Waals surface area contributed by atoms with E-state index in [1.54, 1.807) is 11.8 Å². The van der Waals surface area contributed by atoms with Gasteiger partial charge in [-0.3, -0.25) is 0 Å². The van der Waals surface area contributed by atoms with Crippen molar-refractivity contribution >= 4 is 17.4 Å². The van der Waals surface area contributed by atoms with Crippen LogP contribution >= 0.6 is 11.8 Å². The van der Waals surface area contributed by atoms with Crippen LogP contribution in [-0.4, -0.2) is 26.3 Å². The smallest absolute Gasteiger partial charge is 0.0642 e. The molecule has 0 N–H and O–H groups in total. The maximum Gasteiger partial charge on any atom is 0.0642 e. The average molecular weight is 271 g/mol. The van der Waals surface area contributed by atoms with Crippen molar-refractivity contribution in [2.75, 3.05) is 31.2 Å². The van der Waals surface area contributed by atoms with Gasteiger partial charge in [-0.1, -0.05) is 30.0 Å². The van der Waals surface area contributed by atoms with E-state index in [2.05, 4.69) is 53.4 Å². The third kappa shape index (κ3) is 3.31. The Hall–Kier alpha value is -1.45. The summed E-state index contributed by atoms with van der Waals surface area (Å²) in [5.74, 6) is 0. The summed E-state index contributed by atoms with van der Waals surface area (Å²) in [6, 6.07) is 19.3. The van der Waals surface area contributed by atoms with Crippen LogP contribution in [0.4, 0.5) is 5.69 Å². The predicted molar refractivity (Wildman–Crippen MR) is 80.0 cm³/mol. The van der Waals surface area contributed by atoms with Crippen LogP contribution in [0.15, 0.2) is 64.4 Å². The van der Waals surface area contributed by atoms with Crippen LogP contribution in [0.5, 0.6) is 0 Å². The molecule has 1 fully saturated rings. The van der Waals surface area contributed by atoms with E-state index in [-0.39, 0.29) is 0 Å². The fourth-order valence-corrected chi connectivity index (χ4v) is 3.01. The summed E-state index contributed by atoms with van der Waals surface area (Å²) >= 11 is 1.80. The second-order valence-electron chi connectivity index (χ2n) is 4.51. The number of anilines is 1. The number of nitrogens with zero attached hydrogens (tertiary/aromatic N) is 1. The second-order valence-corrected chi connectivity index (χ2v) is 5.66. The van der Waals surface area contributed by atoms with Crippen LogP contribution in [0.2, 0.25) is 0 Å². The summed E-state index contributed by atoms with van der Waals surface area (Å²) in [6.45, 7) is 3.65. The van der Waals surface area contributed by atoms with E-state index in [4.69, 9.17) is 4.74 Å². The molecule has 19 heavy (non-hydrogen) atoms. The van der Waals surface area contributed by atoms with Crippen LogP contribution in [0, 0.1) is 0 Å². The Morgan fingerprint density at radius 3 is 2.11 bits per heavy atom. The Morgan fingerprint density at radius 1 is 0.789 bits per heavy atom. The largest absolute Gasteiger partial charge is 0.378 e. The van der Waals surface area contributed by atoms with E-state index in [1.807, 2.05) is 6.07 Å². The Morgan fingerprint density at radius 2 is 1.42 bits per heavy atom. The minimum atomic E-state index is 0.834. The number of benzene rings is 2. The summed E-state index contributed by atoms with van der Waals surface area (Å²) in [5.41, 5.74) is 1.29. The minimum Gasteiger partial charge on any atom is -0.378 e. The third-order valence-electron chi connectivity index (χ3n) is 3.19. The van der Waals surface area contributed by atoms with Gasteiger partial charge in [-0.2, -0.15) is 0 Å². The molecule has 98 valence electrons. The molecule has 3 rings (SSSR count). The van der Waals surface area contributed by atoms with Gasteiger partial charge in [-0.05, 0) is 36.4 Å². The lowest BCUT2D eigenvalue weighted by molar-refractivity contribution is 0.122. The zero-order chi connectivity index (χ0) is 12.9. The van der Waals surface area contributed by atoms with Crippen molar-refractivity contribution in [3.05, 3.63) is 54.6 Å². The molecule has 0 amide bonds. The average Bonchev–Trinajstić information content (AvgIpc) is 2.50. The number of hydrogen-bond acceptors (Lipinski definition) is 3. The number of rotatable bonds is 3. The van der Waals surface area contributed by atoms with Crippen LogP contribution < -0.4 is 4.90 Å². The molecule has 1 heterocycles. The topological polar surface area (TPSA) is 12.5 Å². The van der Waals surface area contributed by atoms with Crippen LogP contribution in [0.1, 0.15) is 0 Å².